The second kappa shape index (κ2) is 5.87. The number of carbonyl (C=O) groups excluding carboxylic acids is 1. The predicted octanol–water partition coefficient (Wildman–Crippen LogP) is 3.23. The van der Waals surface area contributed by atoms with Crippen molar-refractivity contribution < 1.29 is 4.79 Å². The maximum absolute atomic E-state index is 11.2. The van der Waals surface area contributed by atoms with Crippen molar-refractivity contribution in [2.75, 3.05) is 0 Å². The summed E-state index contributed by atoms with van der Waals surface area (Å²) in [5.41, 5.74) is 2.27. The summed E-state index contributed by atoms with van der Waals surface area (Å²) in [5.74, 6) is -0.0168. The Morgan fingerprint density at radius 2 is 1.94 bits per heavy atom. The lowest BCUT2D eigenvalue weighted by Gasteiger charge is -1.98. The third-order valence-electron chi connectivity index (χ3n) is 2.46. The van der Waals surface area contributed by atoms with Crippen LogP contribution in [0.1, 0.15) is 23.1 Å². The van der Waals surface area contributed by atoms with Crippen molar-refractivity contribution in [3.05, 3.63) is 59.9 Å². The topological polar surface area (TPSA) is 42.3 Å². The van der Waals surface area contributed by atoms with Gasteiger partial charge in [-0.25, -0.2) is 4.98 Å². The summed E-state index contributed by atoms with van der Waals surface area (Å²) in [7, 11) is 0. The second-order valence-corrected chi connectivity index (χ2v) is 3.92. The fourth-order valence-electron chi connectivity index (χ4n) is 1.55. The average molecular weight is 238 g/mol. The van der Waals surface area contributed by atoms with Crippen LogP contribution in [0.2, 0.25) is 0 Å². The molecule has 3 heteroatoms. The molecular weight excluding hydrogens is 224 g/mol. The van der Waals surface area contributed by atoms with Gasteiger partial charge in [0.1, 0.15) is 5.69 Å². The standard InChI is InChI=1S/C15H14N2O/c1-12(18)15-9-5-8-14(17-15)10-11-16-13-6-3-2-4-7-13/h2-9,11H,10H2,1H3. The minimum absolute atomic E-state index is 0.0168. The van der Waals surface area contributed by atoms with Gasteiger partial charge >= 0.3 is 0 Å². The van der Waals surface area contributed by atoms with E-state index in [9.17, 15) is 4.79 Å². The van der Waals surface area contributed by atoms with E-state index in [0.717, 1.165) is 11.4 Å². The molecule has 0 N–H and O–H groups in total. The Kier molecular flexibility index (Phi) is 3.97. The van der Waals surface area contributed by atoms with E-state index in [2.05, 4.69) is 9.98 Å². The first-order chi connectivity index (χ1) is 8.75. The van der Waals surface area contributed by atoms with Crippen molar-refractivity contribution in [1.82, 2.24) is 4.98 Å². The highest BCUT2D eigenvalue weighted by Crippen LogP contribution is 2.09. The lowest BCUT2D eigenvalue weighted by molar-refractivity contribution is 0.101. The van der Waals surface area contributed by atoms with Gasteiger partial charge in [0.2, 0.25) is 0 Å². The number of hydrogen-bond acceptors (Lipinski definition) is 3. The highest BCUT2D eigenvalue weighted by molar-refractivity contribution is 5.92. The fourth-order valence-corrected chi connectivity index (χ4v) is 1.55. The Labute approximate surface area is 106 Å². The average Bonchev–Trinajstić information content (AvgIpc) is 2.40. The lowest BCUT2D eigenvalue weighted by Crippen LogP contribution is -2.00. The SMILES string of the molecule is CC(=O)c1cccc(CC=Nc2ccccc2)n1. The van der Waals surface area contributed by atoms with Gasteiger partial charge in [-0.15, -0.1) is 0 Å². The number of benzene rings is 1. The molecule has 0 atom stereocenters. The minimum atomic E-state index is -0.0168. The summed E-state index contributed by atoms with van der Waals surface area (Å²) in [4.78, 5) is 19.8. The number of aromatic nitrogens is 1. The normalized spacial score (nSPS) is 10.7. The molecule has 18 heavy (non-hydrogen) atoms. The zero-order valence-corrected chi connectivity index (χ0v) is 10.2. The number of carbonyl (C=O) groups is 1. The van der Waals surface area contributed by atoms with E-state index in [1.165, 1.54) is 6.92 Å². The van der Waals surface area contributed by atoms with E-state index in [4.69, 9.17) is 0 Å². The number of pyridine rings is 1. The summed E-state index contributed by atoms with van der Waals surface area (Å²) >= 11 is 0. The van der Waals surface area contributed by atoms with E-state index in [0.29, 0.717) is 12.1 Å². The molecule has 0 radical (unpaired) electrons. The first kappa shape index (κ1) is 12.2. The highest BCUT2D eigenvalue weighted by Gasteiger charge is 2.00. The van der Waals surface area contributed by atoms with Crippen molar-refractivity contribution in [2.24, 2.45) is 4.99 Å². The van der Waals surface area contributed by atoms with E-state index in [1.807, 2.05) is 48.7 Å². The highest BCUT2D eigenvalue weighted by atomic mass is 16.1. The molecule has 1 aromatic heterocycles. The molecule has 0 fully saturated rings. The number of hydrogen-bond donors (Lipinski definition) is 0. The van der Waals surface area contributed by atoms with Gasteiger partial charge in [-0.05, 0) is 24.3 Å². The third-order valence-corrected chi connectivity index (χ3v) is 2.46. The Balaban J connectivity index is 2.04. The minimum Gasteiger partial charge on any atom is -0.293 e. The fraction of sp³-hybridized carbons (Fsp3) is 0.133. The van der Waals surface area contributed by atoms with Crippen LogP contribution in [0.15, 0.2) is 53.5 Å². The molecule has 0 aliphatic heterocycles. The molecule has 0 saturated heterocycles. The van der Waals surface area contributed by atoms with Crippen molar-refractivity contribution in [2.45, 2.75) is 13.3 Å². The molecule has 0 aliphatic carbocycles. The first-order valence-electron chi connectivity index (χ1n) is 5.80. The van der Waals surface area contributed by atoms with Gasteiger partial charge in [0.25, 0.3) is 0 Å². The number of rotatable bonds is 4. The van der Waals surface area contributed by atoms with Gasteiger partial charge in [0.05, 0.1) is 5.69 Å². The largest absolute Gasteiger partial charge is 0.293 e. The molecule has 0 saturated carbocycles. The monoisotopic (exact) mass is 238 g/mol. The predicted molar refractivity (Wildman–Crippen MR) is 72.5 cm³/mol. The summed E-state index contributed by atoms with van der Waals surface area (Å²) < 4.78 is 0. The molecule has 0 bridgehead atoms. The first-order valence-corrected chi connectivity index (χ1v) is 5.80. The van der Waals surface area contributed by atoms with Crippen LogP contribution >= 0.6 is 0 Å². The molecule has 0 amide bonds. The van der Waals surface area contributed by atoms with Crippen LogP contribution in [0.4, 0.5) is 5.69 Å². The van der Waals surface area contributed by atoms with Gasteiger partial charge < -0.3 is 0 Å². The smallest absolute Gasteiger partial charge is 0.178 e. The Hall–Kier alpha value is -2.29. The summed E-state index contributed by atoms with van der Waals surface area (Å²) in [6, 6.07) is 15.2. The molecule has 2 rings (SSSR count). The van der Waals surface area contributed by atoms with Crippen LogP contribution in [-0.4, -0.2) is 17.0 Å². The number of aliphatic imine (C=N–C) groups is 1. The van der Waals surface area contributed by atoms with Gasteiger partial charge in [-0.3, -0.25) is 9.79 Å². The zero-order valence-electron chi connectivity index (χ0n) is 10.2. The number of nitrogens with zero attached hydrogens (tertiary/aromatic N) is 2. The number of para-hydroxylation sites is 1. The van der Waals surface area contributed by atoms with Crippen LogP contribution in [0.5, 0.6) is 0 Å². The molecule has 90 valence electrons. The Morgan fingerprint density at radius 1 is 1.17 bits per heavy atom. The van der Waals surface area contributed by atoms with Gasteiger partial charge in [0.15, 0.2) is 5.78 Å². The molecule has 3 nitrogen and oxygen atoms in total. The maximum atomic E-state index is 11.2. The van der Waals surface area contributed by atoms with E-state index in [-0.39, 0.29) is 5.78 Å². The van der Waals surface area contributed by atoms with E-state index in [1.54, 1.807) is 6.07 Å². The van der Waals surface area contributed by atoms with Crippen molar-refractivity contribution in [3.8, 4) is 0 Å². The summed E-state index contributed by atoms with van der Waals surface area (Å²) in [5, 5.41) is 0. The molecule has 0 unspecified atom stereocenters. The molecule has 0 aliphatic rings. The Morgan fingerprint density at radius 3 is 2.67 bits per heavy atom. The van der Waals surface area contributed by atoms with Crippen LogP contribution in [0.3, 0.4) is 0 Å². The maximum Gasteiger partial charge on any atom is 0.178 e. The summed E-state index contributed by atoms with van der Waals surface area (Å²) in [6.45, 7) is 1.52. The zero-order chi connectivity index (χ0) is 12.8. The van der Waals surface area contributed by atoms with Crippen LogP contribution in [0.25, 0.3) is 0 Å². The second-order valence-electron chi connectivity index (χ2n) is 3.92. The van der Waals surface area contributed by atoms with Crippen LogP contribution in [0, 0.1) is 0 Å². The quantitative estimate of drug-likeness (QED) is 0.606. The van der Waals surface area contributed by atoms with E-state index >= 15 is 0 Å². The Bertz CT molecular complexity index is 562. The summed E-state index contributed by atoms with van der Waals surface area (Å²) in [6.07, 6.45) is 2.43. The number of Topliss-reactive ketones (excluding diaryl/α,β-unsaturated/α-hetero) is 1. The molecule has 1 aromatic carbocycles. The lowest BCUT2D eigenvalue weighted by atomic mass is 10.2. The van der Waals surface area contributed by atoms with Gasteiger partial charge in [0, 0.05) is 25.3 Å². The van der Waals surface area contributed by atoms with Gasteiger partial charge in [-0.2, -0.15) is 0 Å². The molecular formula is C15H14N2O. The van der Waals surface area contributed by atoms with Crippen molar-refractivity contribution >= 4 is 17.7 Å². The molecule has 1 heterocycles. The molecule has 2 aromatic rings. The number of ketones is 1. The van der Waals surface area contributed by atoms with Crippen LogP contribution in [-0.2, 0) is 6.42 Å². The van der Waals surface area contributed by atoms with E-state index < -0.39 is 0 Å². The van der Waals surface area contributed by atoms with Crippen molar-refractivity contribution in [1.29, 1.82) is 0 Å². The third kappa shape index (κ3) is 3.35. The van der Waals surface area contributed by atoms with Crippen molar-refractivity contribution in [3.63, 3.8) is 0 Å². The van der Waals surface area contributed by atoms with Gasteiger partial charge in [-0.1, -0.05) is 24.3 Å². The molecule has 0 spiro atoms. The van der Waals surface area contributed by atoms with Crippen LogP contribution < -0.4 is 0 Å².